The van der Waals surface area contributed by atoms with Gasteiger partial charge in [0.2, 0.25) is 0 Å². The van der Waals surface area contributed by atoms with Crippen molar-refractivity contribution in [1.29, 1.82) is 0 Å². The minimum atomic E-state index is 0.152. The standard InChI is InChI=1S/C7H10Br2/c1-5(2)6(3)4-7(6,8)9/h1,4H2,2-3H3. The normalized spacial score (nSPS) is 38.2. The Morgan fingerprint density at radius 3 is 1.89 bits per heavy atom. The average molecular weight is 254 g/mol. The molecule has 0 spiro atoms. The molecule has 0 N–H and O–H groups in total. The molecule has 0 aromatic heterocycles. The fraction of sp³-hybridized carbons (Fsp3) is 0.714. The second kappa shape index (κ2) is 1.85. The topological polar surface area (TPSA) is 0 Å². The van der Waals surface area contributed by atoms with Crippen molar-refractivity contribution in [3.63, 3.8) is 0 Å². The quantitative estimate of drug-likeness (QED) is 0.496. The molecule has 1 atom stereocenters. The van der Waals surface area contributed by atoms with Crippen molar-refractivity contribution in [3.8, 4) is 0 Å². The van der Waals surface area contributed by atoms with Gasteiger partial charge in [0.05, 0.1) is 3.23 Å². The summed E-state index contributed by atoms with van der Waals surface area (Å²) in [7, 11) is 0. The van der Waals surface area contributed by atoms with E-state index < -0.39 is 0 Å². The summed E-state index contributed by atoms with van der Waals surface area (Å²) in [6.07, 6.45) is 1.15. The van der Waals surface area contributed by atoms with Gasteiger partial charge in [-0.15, -0.1) is 0 Å². The first-order valence-electron chi connectivity index (χ1n) is 2.94. The van der Waals surface area contributed by atoms with Gasteiger partial charge in [-0.2, -0.15) is 0 Å². The first-order chi connectivity index (χ1) is 3.90. The Hall–Kier alpha value is 0.700. The third-order valence-corrected chi connectivity index (χ3v) is 4.51. The van der Waals surface area contributed by atoms with Crippen LogP contribution in [0.4, 0.5) is 0 Å². The predicted octanol–water partition coefficient (Wildman–Crippen LogP) is 3.46. The van der Waals surface area contributed by atoms with Gasteiger partial charge in [-0.3, -0.25) is 0 Å². The fourth-order valence-electron chi connectivity index (χ4n) is 0.863. The highest BCUT2D eigenvalue weighted by atomic mass is 79.9. The summed E-state index contributed by atoms with van der Waals surface area (Å²) in [5.74, 6) is 0. The molecule has 0 aromatic carbocycles. The second-order valence-corrected chi connectivity index (χ2v) is 6.77. The fourth-order valence-corrected chi connectivity index (χ4v) is 2.66. The molecule has 1 rings (SSSR count). The van der Waals surface area contributed by atoms with Crippen LogP contribution in [0.3, 0.4) is 0 Å². The van der Waals surface area contributed by atoms with E-state index in [0.29, 0.717) is 0 Å². The van der Waals surface area contributed by atoms with Gasteiger partial charge >= 0.3 is 0 Å². The number of hydrogen-bond donors (Lipinski definition) is 0. The Labute approximate surface area is 73.0 Å². The smallest absolute Gasteiger partial charge is 0.0905 e. The van der Waals surface area contributed by atoms with Crippen molar-refractivity contribution in [2.24, 2.45) is 5.41 Å². The first kappa shape index (κ1) is 7.80. The Kier molecular flexibility index (Phi) is 1.60. The van der Waals surface area contributed by atoms with Crippen molar-refractivity contribution in [2.75, 3.05) is 0 Å². The highest BCUT2D eigenvalue weighted by Crippen LogP contribution is 2.69. The largest absolute Gasteiger partial charge is 0.0995 e. The summed E-state index contributed by atoms with van der Waals surface area (Å²) in [6.45, 7) is 8.21. The van der Waals surface area contributed by atoms with Gasteiger partial charge in [0.15, 0.2) is 0 Å². The maximum absolute atomic E-state index is 3.92. The number of alkyl halides is 2. The molecular weight excluding hydrogens is 244 g/mol. The summed E-state index contributed by atoms with van der Waals surface area (Å²) in [6, 6.07) is 0. The van der Waals surface area contributed by atoms with Crippen molar-refractivity contribution in [1.82, 2.24) is 0 Å². The van der Waals surface area contributed by atoms with E-state index in [9.17, 15) is 0 Å². The molecule has 52 valence electrons. The lowest BCUT2D eigenvalue weighted by Crippen LogP contribution is -2.03. The molecule has 0 nitrogen and oxygen atoms in total. The molecule has 1 unspecified atom stereocenters. The summed E-state index contributed by atoms with van der Waals surface area (Å²) in [5.41, 5.74) is 1.53. The lowest BCUT2D eigenvalue weighted by atomic mass is 10.0. The molecule has 1 aliphatic carbocycles. The van der Waals surface area contributed by atoms with Gasteiger partial charge < -0.3 is 0 Å². The minimum Gasteiger partial charge on any atom is -0.0995 e. The first-order valence-corrected chi connectivity index (χ1v) is 4.52. The molecule has 0 amide bonds. The van der Waals surface area contributed by atoms with Crippen LogP contribution in [-0.4, -0.2) is 3.23 Å². The molecule has 9 heavy (non-hydrogen) atoms. The van der Waals surface area contributed by atoms with E-state index in [0.717, 1.165) is 6.42 Å². The number of halogens is 2. The molecule has 1 fully saturated rings. The van der Waals surface area contributed by atoms with E-state index in [1.165, 1.54) is 5.57 Å². The van der Waals surface area contributed by atoms with Crippen molar-refractivity contribution < 1.29 is 0 Å². The SMILES string of the molecule is C=C(C)C1(C)CC1(Br)Br. The molecule has 0 saturated heterocycles. The number of allylic oxidation sites excluding steroid dienone is 1. The van der Waals surface area contributed by atoms with Crippen LogP contribution in [0.5, 0.6) is 0 Å². The highest BCUT2D eigenvalue weighted by molar-refractivity contribution is 9.25. The molecule has 0 bridgehead atoms. The van der Waals surface area contributed by atoms with Gasteiger partial charge in [-0.1, -0.05) is 50.9 Å². The number of hydrogen-bond acceptors (Lipinski definition) is 0. The lowest BCUT2D eigenvalue weighted by Gasteiger charge is -2.10. The summed E-state index contributed by atoms with van der Waals surface area (Å²) < 4.78 is 0.152. The average Bonchev–Trinajstić information content (AvgIpc) is 2.08. The van der Waals surface area contributed by atoms with Gasteiger partial charge in [0, 0.05) is 5.41 Å². The molecule has 0 aromatic rings. The minimum absolute atomic E-state index is 0.152. The summed E-state index contributed by atoms with van der Waals surface area (Å²) in [5, 5.41) is 0. The lowest BCUT2D eigenvalue weighted by molar-refractivity contribution is 0.692. The van der Waals surface area contributed by atoms with E-state index in [2.05, 4.69) is 52.3 Å². The highest BCUT2D eigenvalue weighted by Gasteiger charge is 2.61. The van der Waals surface area contributed by atoms with Crippen molar-refractivity contribution in [2.45, 2.75) is 23.5 Å². The summed E-state index contributed by atoms with van der Waals surface area (Å²) >= 11 is 7.13. The monoisotopic (exact) mass is 252 g/mol. The maximum Gasteiger partial charge on any atom is 0.0905 e. The Morgan fingerprint density at radius 1 is 1.56 bits per heavy atom. The van der Waals surface area contributed by atoms with Crippen LogP contribution in [0, 0.1) is 5.41 Å². The van der Waals surface area contributed by atoms with Crippen LogP contribution in [0.1, 0.15) is 20.3 Å². The molecule has 1 saturated carbocycles. The third-order valence-electron chi connectivity index (χ3n) is 2.20. The molecule has 0 aliphatic heterocycles. The molecule has 1 aliphatic rings. The van der Waals surface area contributed by atoms with Gasteiger partial charge in [0.1, 0.15) is 0 Å². The van der Waals surface area contributed by atoms with Crippen LogP contribution in [0.2, 0.25) is 0 Å². The van der Waals surface area contributed by atoms with Crippen molar-refractivity contribution in [3.05, 3.63) is 12.2 Å². The Morgan fingerprint density at radius 2 is 1.89 bits per heavy atom. The van der Waals surface area contributed by atoms with E-state index in [1.54, 1.807) is 0 Å². The van der Waals surface area contributed by atoms with Crippen LogP contribution >= 0.6 is 31.9 Å². The van der Waals surface area contributed by atoms with Crippen molar-refractivity contribution >= 4 is 31.9 Å². The number of rotatable bonds is 1. The Bertz CT molecular complexity index is 160. The van der Waals surface area contributed by atoms with Gasteiger partial charge in [-0.25, -0.2) is 0 Å². The predicted molar refractivity (Wildman–Crippen MR) is 48.1 cm³/mol. The van der Waals surface area contributed by atoms with E-state index in [-0.39, 0.29) is 8.65 Å². The molecular formula is C7H10Br2. The summed E-state index contributed by atoms with van der Waals surface area (Å²) in [4.78, 5) is 0. The maximum atomic E-state index is 3.92. The van der Waals surface area contributed by atoms with E-state index in [1.807, 2.05) is 0 Å². The molecule has 0 heterocycles. The molecule has 2 heteroatoms. The van der Waals surface area contributed by atoms with E-state index in [4.69, 9.17) is 0 Å². The van der Waals surface area contributed by atoms with Crippen LogP contribution in [0.15, 0.2) is 12.2 Å². The molecule has 0 radical (unpaired) electrons. The van der Waals surface area contributed by atoms with Crippen LogP contribution in [-0.2, 0) is 0 Å². The Balaban J connectivity index is 2.74. The zero-order valence-electron chi connectivity index (χ0n) is 5.67. The zero-order chi connectivity index (χ0) is 7.28. The second-order valence-electron chi connectivity index (χ2n) is 2.99. The van der Waals surface area contributed by atoms with Gasteiger partial charge in [0.25, 0.3) is 0 Å². The van der Waals surface area contributed by atoms with E-state index >= 15 is 0 Å². The van der Waals surface area contributed by atoms with Gasteiger partial charge in [-0.05, 0) is 13.3 Å². The third kappa shape index (κ3) is 1.01. The zero-order valence-corrected chi connectivity index (χ0v) is 8.84. The van der Waals surface area contributed by atoms with Crippen LogP contribution < -0.4 is 0 Å². The van der Waals surface area contributed by atoms with Crippen LogP contribution in [0.25, 0.3) is 0 Å².